The fourth-order valence-corrected chi connectivity index (χ4v) is 4.69. The number of aliphatic hydroxyl groups excluding tert-OH is 1. The summed E-state index contributed by atoms with van der Waals surface area (Å²) < 4.78 is 5.00. The van der Waals surface area contributed by atoms with E-state index < -0.39 is 35.5 Å². The maximum absolute atomic E-state index is 13.6. The molecule has 0 aliphatic carbocycles. The summed E-state index contributed by atoms with van der Waals surface area (Å²) in [6.45, 7) is 0. The highest BCUT2D eigenvalue weighted by Crippen LogP contribution is 2.53. The van der Waals surface area contributed by atoms with Crippen LogP contribution in [0.3, 0.4) is 0 Å². The van der Waals surface area contributed by atoms with Gasteiger partial charge in [-0.1, -0.05) is 91.0 Å². The predicted octanol–water partition coefficient (Wildman–Crippen LogP) is 4.12. The van der Waals surface area contributed by atoms with Gasteiger partial charge in [-0.05, 0) is 16.7 Å². The van der Waals surface area contributed by atoms with Crippen molar-refractivity contribution in [2.75, 3.05) is 7.11 Å². The van der Waals surface area contributed by atoms with Crippen molar-refractivity contribution in [3.05, 3.63) is 108 Å². The smallest absolute Gasteiger partial charge is 0.329 e. The minimum atomic E-state index is -1.74. The first-order valence-corrected chi connectivity index (χ1v) is 10.7. The number of rotatable bonds is 6. The zero-order valence-corrected chi connectivity index (χ0v) is 18.2. The third-order valence-electron chi connectivity index (χ3n) is 6.21. The molecule has 1 aliphatic rings. The molecule has 6 heteroatoms. The number of likely N-dealkylation sites (tertiary alicyclic amines) is 1. The lowest BCUT2D eigenvalue weighted by molar-refractivity contribution is -0.151. The van der Waals surface area contributed by atoms with Crippen LogP contribution in [-0.4, -0.2) is 29.0 Å². The third kappa shape index (κ3) is 3.88. The molecule has 1 fully saturated rings. The van der Waals surface area contributed by atoms with Crippen molar-refractivity contribution in [1.82, 2.24) is 4.90 Å². The summed E-state index contributed by atoms with van der Waals surface area (Å²) in [4.78, 5) is 28.0. The van der Waals surface area contributed by atoms with Crippen LogP contribution in [0.5, 0.6) is 0 Å². The Morgan fingerprint density at radius 3 is 2.03 bits per heavy atom. The average molecular weight is 440 g/mol. The van der Waals surface area contributed by atoms with E-state index in [-0.39, 0.29) is 6.42 Å². The van der Waals surface area contributed by atoms with Gasteiger partial charge >= 0.3 is 5.97 Å². The summed E-state index contributed by atoms with van der Waals surface area (Å²) in [5.74, 6) is -1.17. The van der Waals surface area contributed by atoms with Crippen molar-refractivity contribution in [3.63, 3.8) is 0 Å². The summed E-state index contributed by atoms with van der Waals surface area (Å²) in [6.07, 6.45) is -1.42. The number of nitriles is 1. The van der Waals surface area contributed by atoms with Gasteiger partial charge in [0, 0.05) is 0 Å². The number of hydrogen-bond donors (Lipinski definition) is 1. The quantitative estimate of drug-likeness (QED) is 0.583. The summed E-state index contributed by atoms with van der Waals surface area (Å²) in [5.41, 5.74) is 0.202. The molecular weight excluding hydrogens is 416 g/mol. The van der Waals surface area contributed by atoms with E-state index in [2.05, 4.69) is 6.07 Å². The molecule has 0 spiro atoms. The molecule has 4 atom stereocenters. The molecule has 0 bridgehead atoms. The van der Waals surface area contributed by atoms with E-state index in [1.807, 2.05) is 54.6 Å². The van der Waals surface area contributed by atoms with Crippen LogP contribution in [0.4, 0.5) is 0 Å². The van der Waals surface area contributed by atoms with E-state index in [9.17, 15) is 20.0 Å². The number of amides is 1. The molecule has 0 unspecified atom stereocenters. The highest BCUT2D eigenvalue weighted by atomic mass is 16.5. The second-order valence-corrected chi connectivity index (χ2v) is 8.08. The van der Waals surface area contributed by atoms with Crippen molar-refractivity contribution in [3.8, 4) is 6.07 Å². The van der Waals surface area contributed by atoms with E-state index in [1.54, 1.807) is 36.4 Å². The largest absolute Gasteiger partial charge is 0.468 e. The molecule has 1 aliphatic heterocycles. The number of esters is 1. The standard InChI is InChI=1S/C27H24N2O4/c1-33-26(32)27(18-28)17-22(30)29(25(27)21-15-9-4-10-16-21)23(19-11-5-2-6-12-19)24(31)20-13-7-3-8-14-20/h2-16,23-25,31H,17H2,1H3/t23-,24-,25-,27+/m1/s1. The van der Waals surface area contributed by atoms with Crippen molar-refractivity contribution in [1.29, 1.82) is 5.26 Å². The van der Waals surface area contributed by atoms with Gasteiger partial charge in [0.15, 0.2) is 5.41 Å². The Kier molecular flexibility index (Phi) is 6.25. The molecule has 1 heterocycles. The van der Waals surface area contributed by atoms with Gasteiger partial charge in [0.25, 0.3) is 0 Å². The summed E-state index contributed by atoms with van der Waals surface area (Å²) in [7, 11) is 1.21. The number of ether oxygens (including phenoxy) is 1. The number of benzene rings is 3. The minimum Gasteiger partial charge on any atom is -0.468 e. The Bertz CT molecular complexity index is 1160. The second kappa shape index (κ2) is 9.27. The molecule has 6 nitrogen and oxygen atoms in total. The molecule has 4 rings (SSSR count). The summed E-state index contributed by atoms with van der Waals surface area (Å²) in [6, 6.07) is 27.5. The normalized spacial score (nSPS) is 21.8. The van der Waals surface area contributed by atoms with E-state index in [1.165, 1.54) is 12.0 Å². The van der Waals surface area contributed by atoms with Crippen LogP contribution in [0.15, 0.2) is 91.0 Å². The topological polar surface area (TPSA) is 90.6 Å². The van der Waals surface area contributed by atoms with E-state index in [0.29, 0.717) is 16.7 Å². The van der Waals surface area contributed by atoms with Gasteiger partial charge < -0.3 is 14.7 Å². The minimum absolute atomic E-state index is 0.333. The van der Waals surface area contributed by atoms with Crippen LogP contribution in [0.1, 0.15) is 41.3 Å². The van der Waals surface area contributed by atoms with Crippen LogP contribution in [-0.2, 0) is 14.3 Å². The molecule has 0 aromatic heterocycles. The van der Waals surface area contributed by atoms with Crippen molar-refractivity contribution >= 4 is 11.9 Å². The van der Waals surface area contributed by atoms with Gasteiger partial charge in [0.05, 0.1) is 31.7 Å². The Morgan fingerprint density at radius 1 is 1.00 bits per heavy atom. The highest BCUT2D eigenvalue weighted by Gasteiger charge is 2.61. The Labute approximate surface area is 192 Å². The molecule has 0 radical (unpaired) electrons. The van der Waals surface area contributed by atoms with Gasteiger partial charge in [-0.2, -0.15) is 5.26 Å². The monoisotopic (exact) mass is 440 g/mol. The number of aliphatic hydroxyl groups is 1. The second-order valence-electron chi connectivity index (χ2n) is 8.08. The van der Waals surface area contributed by atoms with Gasteiger partial charge in [0.1, 0.15) is 6.10 Å². The number of methoxy groups -OCH3 is 1. The van der Waals surface area contributed by atoms with Gasteiger partial charge in [-0.15, -0.1) is 0 Å². The van der Waals surface area contributed by atoms with Gasteiger partial charge in [0.2, 0.25) is 5.91 Å². The van der Waals surface area contributed by atoms with Crippen molar-refractivity contribution < 1.29 is 19.4 Å². The van der Waals surface area contributed by atoms with Crippen LogP contribution in [0.2, 0.25) is 0 Å². The first-order valence-electron chi connectivity index (χ1n) is 10.7. The zero-order valence-electron chi connectivity index (χ0n) is 18.2. The van der Waals surface area contributed by atoms with Crippen molar-refractivity contribution in [2.24, 2.45) is 5.41 Å². The first-order chi connectivity index (χ1) is 16.0. The fourth-order valence-electron chi connectivity index (χ4n) is 4.69. The predicted molar refractivity (Wildman–Crippen MR) is 121 cm³/mol. The molecule has 1 N–H and O–H groups in total. The van der Waals surface area contributed by atoms with Crippen LogP contribution >= 0.6 is 0 Å². The fraction of sp³-hybridized carbons (Fsp3) is 0.222. The lowest BCUT2D eigenvalue weighted by Gasteiger charge is -2.39. The number of carbonyl (C=O) groups excluding carboxylic acids is 2. The zero-order chi connectivity index (χ0) is 23.4. The molecule has 3 aromatic rings. The summed E-state index contributed by atoms with van der Waals surface area (Å²) >= 11 is 0. The first kappa shape index (κ1) is 22.3. The van der Waals surface area contributed by atoms with Gasteiger partial charge in [-0.3, -0.25) is 9.59 Å². The average Bonchev–Trinajstić information content (AvgIpc) is 3.18. The lowest BCUT2D eigenvalue weighted by atomic mass is 9.77. The molecule has 0 saturated carbocycles. The molecule has 3 aromatic carbocycles. The van der Waals surface area contributed by atoms with E-state index in [0.717, 1.165) is 0 Å². The highest BCUT2D eigenvalue weighted by molar-refractivity contribution is 5.93. The molecule has 1 amide bonds. The Balaban J connectivity index is 1.94. The molecule has 33 heavy (non-hydrogen) atoms. The van der Waals surface area contributed by atoms with E-state index in [4.69, 9.17) is 4.74 Å². The van der Waals surface area contributed by atoms with Crippen molar-refractivity contribution in [2.45, 2.75) is 24.6 Å². The SMILES string of the molecule is COC(=O)[C@]1(C#N)CC(=O)N([C@H](c2ccccc2)[C@H](O)c2ccccc2)[C@@H]1c1ccccc1. The lowest BCUT2D eigenvalue weighted by Crippen LogP contribution is -2.41. The molecule has 1 saturated heterocycles. The Morgan fingerprint density at radius 2 is 1.52 bits per heavy atom. The Hall–Kier alpha value is -3.95. The third-order valence-corrected chi connectivity index (χ3v) is 6.21. The van der Waals surface area contributed by atoms with Crippen LogP contribution in [0.25, 0.3) is 0 Å². The number of nitrogens with zero attached hydrogens (tertiary/aromatic N) is 2. The van der Waals surface area contributed by atoms with Gasteiger partial charge in [-0.25, -0.2) is 0 Å². The molecular formula is C27H24N2O4. The number of carbonyl (C=O) groups is 2. The number of hydrogen-bond acceptors (Lipinski definition) is 5. The maximum atomic E-state index is 13.6. The maximum Gasteiger partial charge on any atom is 0.329 e. The molecule has 166 valence electrons. The summed E-state index contributed by atoms with van der Waals surface area (Å²) in [5, 5.41) is 21.7. The van der Waals surface area contributed by atoms with Crippen LogP contribution < -0.4 is 0 Å². The van der Waals surface area contributed by atoms with E-state index >= 15 is 0 Å². The van der Waals surface area contributed by atoms with Crippen LogP contribution in [0, 0.1) is 16.7 Å².